The molecule has 1 aliphatic rings. The fraction of sp³-hybridized carbons (Fsp3) is 0.471. The number of carboxylic acid groups (broad SMARTS) is 1. The highest BCUT2D eigenvalue weighted by atomic mass is 16.4. The van der Waals surface area contributed by atoms with Gasteiger partial charge in [0.05, 0.1) is 29.6 Å². The summed E-state index contributed by atoms with van der Waals surface area (Å²) in [7, 11) is 0. The standard InChI is InChI=1S/C17H22N4O4/c18-14(3-4-16(23)24)17(25)21-8-11(15(22)10-21)6-12-9-20-5-1-2-13(20)7-19-12/h1-2,5,7,9,11,14-15,22H,3-4,6,8,10,18H2,(H,23,24)/t11-,14+,15+/m1/s1. The molecule has 1 aliphatic heterocycles. The van der Waals surface area contributed by atoms with Gasteiger partial charge in [0.15, 0.2) is 0 Å². The number of rotatable bonds is 6. The number of aliphatic hydroxyl groups is 1. The number of aliphatic hydroxyl groups excluding tert-OH is 1. The van der Waals surface area contributed by atoms with Crippen LogP contribution < -0.4 is 5.73 Å². The number of fused-ring (bicyclic) bond motifs is 1. The summed E-state index contributed by atoms with van der Waals surface area (Å²) in [5.41, 5.74) is 7.63. The van der Waals surface area contributed by atoms with Crippen molar-refractivity contribution in [3.63, 3.8) is 0 Å². The van der Waals surface area contributed by atoms with Crippen molar-refractivity contribution in [3.05, 3.63) is 36.4 Å². The molecule has 2 aromatic rings. The van der Waals surface area contributed by atoms with E-state index in [4.69, 9.17) is 10.8 Å². The number of hydrogen-bond acceptors (Lipinski definition) is 5. The molecule has 1 amide bonds. The monoisotopic (exact) mass is 346 g/mol. The largest absolute Gasteiger partial charge is 0.481 e. The SMILES string of the molecule is N[C@@H](CCC(=O)O)C(=O)N1C[C@@H](Cc2cn3cccc3cn2)[C@@H](O)C1. The lowest BCUT2D eigenvalue weighted by molar-refractivity contribution is -0.137. The Morgan fingerprint density at radius 1 is 1.40 bits per heavy atom. The zero-order valence-corrected chi connectivity index (χ0v) is 13.8. The summed E-state index contributed by atoms with van der Waals surface area (Å²) < 4.78 is 1.97. The average Bonchev–Trinajstić information content (AvgIpc) is 3.18. The highest BCUT2D eigenvalue weighted by Crippen LogP contribution is 2.22. The minimum absolute atomic E-state index is 0.0945. The van der Waals surface area contributed by atoms with Crippen LogP contribution in [0.25, 0.3) is 5.52 Å². The molecule has 3 heterocycles. The lowest BCUT2D eigenvalue weighted by Crippen LogP contribution is -2.43. The van der Waals surface area contributed by atoms with Gasteiger partial charge in [0, 0.05) is 37.8 Å². The second-order valence-electron chi connectivity index (χ2n) is 6.53. The van der Waals surface area contributed by atoms with E-state index in [1.807, 2.05) is 28.9 Å². The molecule has 2 aromatic heterocycles. The highest BCUT2D eigenvalue weighted by molar-refractivity contribution is 5.82. The van der Waals surface area contributed by atoms with Crippen molar-refractivity contribution in [2.24, 2.45) is 11.7 Å². The third kappa shape index (κ3) is 3.97. The van der Waals surface area contributed by atoms with Crippen LogP contribution in [0.1, 0.15) is 18.5 Å². The van der Waals surface area contributed by atoms with Gasteiger partial charge >= 0.3 is 5.97 Å². The lowest BCUT2D eigenvalue weighted by atomic mass is 10.0. The van der Waals surface area contributed by atoms with Crippen LogP contribution in [0.4, 0.5) is 0 Å². The molecule has 8 heteroatoms. The van der Waals surface area contributed by atoms with Gasteiger partial charge in [-0.1, -0.05) is 0 Å². The molecule has 1 saturated heterocycles. The Balaban J connectivity index is 1.60. The molecule has 25 heavy (non-hydrogen) atoms. The number of β-amino-alcohol motifs (C(OH)–C–C–N with tert-alkyl or cyclic N) is 1. The van der Waals surface area contributed by atoms with Crippen molar-refractivity contribution in [2.45, 2.75) is 31.4 Å². The summed E-state index contributed by atoms with van der Waals surface area (Å²) in [5.74, 6) is -1.40. The van der Waals surface area contributed by atoms with Crippen molar-refractivity contribution in [3.8, 4) is 0 Å². The number of amides is 1. The zero-order valence-electron chi connectivity index (χ0n) is 13.8. The van der Waals surface area contributed by atoms with Crippen LogP contribution in [0.5, 0.6) is 0 Å². The maximum Gasteiger partial charge on any atom is 0.303 e. The number of nitrogens with zero attached hydrogens (tertiary/aromatic N) is 3. The number of carboxylic acids is 1. The van der Waals surface area contributed by atoms with Gasteiger partial charge in [-0.3, -0.25) is 14.6 Å². The zero-order chi connectivity index (χ0) is 18.0. The van der Waals surface area contributed by atoms with Crippen LogP contribution in [0.15, 0.2) is 30.7 Å². The van der Waals surface area contributed by atoms with Crippen LogP contribution in [0.2, 0.25) is 0 Å². The molecule has 134 valence electrons. The van der Waals surface area contributed by atoms with Gasteiger partial charge in [-0.2, -0.15) is 0 Å². The van der Waals surface area contributed by atoms with Gasteiger partial charge in [-0.25, -0.2) is 0 Å². The van der Waals surface area contributed by atoms with E-state index in [-0.39, 0.29) is 31.2 Å². The van der Waals surface area contributed by atoms with Crippen LogP contribution in [-0.2, 0) is 16.0 Å². The van der Waals surface area contributed by atoms with E-state index < -0.39 is 18.1 Å². The maximum atomic E-state index is 12.3. The van der Waals surface area contributed by atoms with Crippen molar-refractivity contribution in [1.29, 1.82) is 0 Å². The molecule has 3 atom stereocenters. The number of aliphatic carboxylic acids is 1. The molecule has 0 radical (unpaired) electrons. The van der Waals surface area contributed by atoms with Gasteiger partial charge < -0.3 is 25.2 Å². The Morgan fingerprint density at radius 3 is 2.96 bits per heavy atom. The molecule has 0 aliphatic carbocycles. The first kappa shape index (κ1) is 17.4. The minimum Gasteiger partial charge on any atom is -0.481 e. The minimum atomic E-state index is -0.978. The molecular formula is C17H22N4O4. The number of nitrogens with two attached hydrogens (primary N) is 1. The predicted octanol–water partition coefficient (Wildman–Crippen LogP) is -0.112. The average molecular weight is 346 g/mol. The number of likely N-dealkylation sites (tertiary alicyclic amines) is 1. The first-order chi connectivity index (χ1) is 11.9. The Labute approximate surface area is 144 Å². The van der Waals surface area contributed by atoms with Crippen LogP contribution in [-0.4, -0.2) is 61.6 Å². The molecule has 0 unspecified atom stereocenters. The van der Waals surface area contributed by atoms with Crippen molar-refractivity contribution < 1.29 is 19.8 Å². The van der Waals surface area contributed by atoms with Crippen LogP contribution in [0.3, 0.4) is 0 Å². The van der Waals surface area contributed by atoms with E-state index in [0.29, 0.717) is 13.0 Å². The van der Waals surface area contributed by atoms with Crippen LogP contribution in [0, 0.1) is 5.92 Å². The molecule has 0 bridgehead atoms. The summed E-state index contributed by atoms with van der Waals surface area (Å²) in [5, 5.41) is 19.0. The lowest BCUT2D eigenvalue weighted by Gasteiger charge is -2.20. The van der Waals surface area contributed by atoms with E-state index in [1.54, 1.807) is 6.20 Å². The first-order valence-corrected chi connectivity index (χ1v) is 8.30. The van der Waals surface area contributed by atoms with Gasteiger partial charge in [0.2, 0.25) is 5.91 Å². The van der Waals surface area contributed by atoms with Gasteiger partial charge in [-0.05, 0) is 25.0 Å². The van der Waals surface area contributed by atoms with E-state index >= 15 is 0 Å². The number of aromatic nitrogens is 2. The van der Waals surface area contributed by atoms with Crippen LogP contribution >= 0.6 is 0 Å². The Hall–Kier alpha value is -2.45. The van der Waals surface area contributed by atoms with E-state index in [0.717, 1.165) is 11.2 Å². The van der Waals surface area contributed by atoms with Gasteiger partial charge in [0.1, 0.15) is 0 Å². The summed E-state index contributed by atoms with van der Waals surface area (Å²) in [6.45, 7) is 0.613. The fourth-order valence-corrected chi connectivity index (χ4v) is 3.22. The molecule has 8 nitrogen and oxygen atoms in total. The molecule has 4 N–H and O–H groups in total. The summed E-state index contributed by atoms with van der Waals surface area (Å²) in [6, 6.07) is 3.04. The van der Waals surface area contributed by atoms with Crippen molar-refractivity contribution >= 4 is 17.4 Å². The Kier molecular flexibility index (Phi) is 5.00. The molecular weight excluding hydrogens is 324 g/mol. The summed E-state index contributed by atoms with van der Waals surface area (Å²) in [6.07, 6.45) is 5.50. The van der Waals surface area contributed by atoms with Gasteiger partial charge in [-0.15, -0.1) is 0 Å². The quantitative estimate of drug-likeness (QED) is 0.671. The summed E-state index contributed by atoms with van der Waals surface area (Å²) in [4.78, 5) is 28.8. The smallest absolute Gasteiger partial charge is 0.303 e. The predicted molar refractivity (Wildman–Crippen MR) is 89.8 cm³/mol. The van der Waals surface area contributed by atoms with Crippen molar-refractivity contribution in [1.82, 2.24) is 14.3 Å². The maximum absolute atomic E-state index is 12.3. The topological polar surface area (TPSA) is 121 Å². The second-order valence-corrected chi connectivity index (χ2v) is 6.53. The third-order valence-corrected chi connectivity index (χ3v) is 4.64. The molecule has 1 fully saturated rings. The van der Waals surface area contributed by atoms with E-state index in [1.165, 1.54) is 4.90 Å². The Bertz CT molecular complexity index is 775. The highest BCUT2D eigenvalue weighted by Gasteiger charge is 2.36. The van der Waals surface area contributed by atoms with E-state index in [2.05, 4.69) is 4.98 Å². The van der Waals surface area contributed by atoms with E-state index in [9.17, 15) is 14.7 Å². The number of carbonyl (C=O) groups is 2. The van der Waals surface area contributed by atoms with Crippen molar-refractivity contribution in [2.75, 3.05) is 13.1 Å². The molecule has 0 spiro atoms. The molecule has 0 aromatic carbocycles. The molecule has 3 rings (SSSR count). The third-order valence-electron chi connectivity index (χ3n) is 4.64. The van der Waals surface area contributed by atoms with Gasteiger partial charge in [0.25, 0.3) is 0 Å². The molecule has 0 saturated carbocycles. The Morgan fingerprint density at radius 2 is 2.20 bits per heavy atom. The first-order valence-electron chi connectivity index (χ1n) is 8.30. The summed E-state index contributed by atoms with van der Waals surface area (Å²) >= 11 is 0. The number of hydrogen-bond donors (Lipinski definition) is 3. The second kappa shape index (κ2) is 7.20. The normalized spacial score (nSPS) is 21.6. The number of carbonyl (C=O) groups excluding carboxylic acids is 1. The fourth-order valence-electron chi connectivity index (χ4n) is 3.22.